The van der Waals surface area contributed by atoms with Crippen LogP contribution >= 0.6 is 15.9 Å². The molecule has 1 fully saturated rings. The Bertz CT molecular complexity index is 430. The smallest absolute Gasteiger partial charge is 0.272 e. The summed E-state index contributed by atoms with van der Waals surface area (Å²) >= 11 is 3.52. The molecule has 0 radical (unpaired) electrons. The maximum absolute atomic E-state index is 12.5. The van der Waals surface area contributed by atoms with Gasteiger partial charge in [-0.15, -0.1) is 0 Å². The predicted molar refractivity (Wildman–Crippen MR) is 75.0 cm³/mol. The molecule has 1 aliphatic rings. The van der Waals surface area contributed by atoms with Crippen LogP contribution in [0.5, 0.6) is 0 Å². The van der Waals surface area contributed by atoms with Crippen molar-refractivity contribution in [3.05, 3.63) is 17.5 Å². The Kier molecular flexibility index (Phi) is 4.43. The molecule has 4 nitrogen and oxygen atoms in total. The van der Waals surface area contributed by atoms with Crippen LogP contribution in [0.15, 0.2) is 6.07 Å². The molecule has 2 rings (SSSR count). The van der Waals surface area contributed by atoms with Crippen LogP contribution in [-0.4, -0.2) is 39.0 Å². The number of carbonyl (C=O) groups is 1. The number of aryl methyl sites for hydroxylation is 2. The van der Waals surface area contributed by atoms with Gasteiger partial charge >= 0.3 is 0 Å². The van der Waals surface area contributed by atoms with E-state index < -0.39 is 0 Å². The van der Waals surface area contributed by atoms with Crippen LogP contribution in [0.4, 0.5) is 0 Å². The van der Waals surface area contributed by atoms with Crippen LogP contribution in [0, 0.1) is 5.92 Å². The van der Waals surface area contributed by atoms with Gasteiger partial charge in [0.2, 0.25) is 0 Å². The standard InChI is InChI=1S/C13H20BrN3O/c1-3-11-7-12(16(2)15-11)13(18)17-6-4-5-10(8-14)9-17/h7,10H,3-6,8-9H2,1-2H3. The summed E-state index contributed by atoms with van der Waals surface area (Å²) in [5.74, 6) is 0.705. The number of aromatic nitrogens is 2. The van der Waals surface area contributed by atoms with E-state index in [4.69, 9.17) is 0 Å². The number of amides is 1. The lowest BCUT2D eigenvalue weighted by Crippen LogP contribution is -2.41. The van der Waals surface area contributed by atoms with E-state index in [2.05, 4.69) is 28.0 Å². The Labute approximate surface area is 116 Å². The van der Waals surface area contributed by atoms with Gasteiger partial charge in [0.05, 0.1) is 5.69 Å². The number of halogens is 1. The maximum atomic E-state index is 12.5. The molecule has 0 N–H and O–H groups in total. The first-order chi connectivity index (χ1) is 8.65. The van der Waals surface area contributed by atoms with Gasteiger partial charge in [0.1, 0.15) is 5.69 Å². The molecular weight excluding hydrogens is 294 g/mol. The number of nitrogens with zero attached hydrogens (tertiary/aromatic N) is 3. The molecule has 5 heteroatoms. The molecule has 18 heavy (non-hydrogen) atoms. The van der Waals surface area contributed by atoms with Gasteiger partial charge < -0.3 is 4.90 Å². The number of piperidine rings is 1. The fraction of sp³-hybridized carbons (Fsp3) is 0.692. The van der Waals surface area contributed by atoms with E-state index in [1.54, 1.807) is 4.68 Å². The van der Waals surface area contributed by atoms with Crippen molar-refractivity contribution in [3.8, 4) is 0 Å². The maximum Gasteiger partial charge on any atom is 0.272 e. The van der Waals surface area contributed by atoms with Crippen LogP contribution in [-0.2, 0) is 13.5 Å². The highest BCUT2D eigenvalue weighted by Gasteiger charge is 2.25. The van der Waals surface area contributed by atoms with E-state index in [0.29, 0.717) is 11.6 Å². The molecule has 1 unspecified atom stereocenters. The fourth-order valence-corrected chi connectivity index (χ4v) is 2.97. The highest BCUT2D eigenvalue weighted by atomic mass is 79.9. The Morgan fingerprint density at radius 2 is 2.39 bits per heavy atom. The molecule has 0 saturated carbocycles. The van der Waals surface area contributed by atoms with E-state index in [1.165, 1.54) is 6.42 Å². The van der Waals surface area contributed by atoms with Gasteiger partial charge in [-0.3, -0.25) is 9.48 Å². The highest BCUT2D eigenvalue weighted by molar-refractivity contribution is 9.09. The number of rotatable bonds is 3. The summed E-state index contributed by atoms with van der Waals surface area (Å²) in [6.07, 6.45) is 3.17. The summed E-state index contributed by atoms with van der Waals surface area (Å²) in [5.41, 5.74) is 1.69. The van der Waals surface area contributed by atoms with Crippen molar-refractivity contribution in [3.63, 3.8) is 0 Å². The Hall–Kier alpha value is -0.840. The van der Waals surface area contributed by atoms with Gasteiger partial charge in [-0.1, -0.05) is 22.9 Å². The third kappa shape index (κ3) is 2.76. The molecule has 1 atom stereocenters. The normalized spacial score (nSPS) is 20.2. The molecule has 2 heterocycles. The second kappa shape index (κ2) is 5.87. The minimum Gasteiger partial charge on any atom is -0.337 e. The quantitative estimate of drug-likeness (QED) is 0.803. The van der Waals surface area contributed by atoms with Gasteiger partial charge in [0.15, 0.2) is 0 Å². The molecule has 1 aromatic rings. The van der Waals surface area contributed by atoms with E-state index in [-0.39, 0.29) is 5.91 Å². The van der Waals surface area contributed by atoms with Gasteiger partial charge in [-0.25, -0.2) is 0 Å². The zero-order valence-corrected chi connectivity index (χ0v) is 12.6. The fourth-order valence-electron chi connectivity index (χ4n) is 2.44. The molecule has 1 aliphatic heterocycles. The number of likely N-dealkylation sites (tertiary alicyclic amines) is 1. The summed E-state index contributed by atoms with van der Waals surface area (Å²) in [7, 11) is 1.85. The van der Waals surface area contributed by atoms with Crippen molar-refractivity contribution in [2.45, 2.75) is 26.2 Å². The van der Waals surface area contributed by atoms with Crippen molar-refractivity contribution in [2.24, 2.45) is 13.0 Å². The number of hydrogen-bond donors (Lipinski definition) is 0. The number of carbonyl (C=O) groups excluding carboxylic acids is 1. The van der Waals surface area contributed by atoms with Crippen molar-refractivity contribution in [2.75, 3.05) is 18.4 Å². The summed E-state index contributed by atoms with van der Waals surface area (Å²) in [6.45, 7) is 3.78. The Morgan fingerprint density at radius 1 is 1.61 bits per heavy atom. The molecule has 1 saturated heterocycles. The highest BCUT2D eigenvalue weighted by Crippen LogP contribution is 2.20. The van der Waals surface area contributed by atoms with E-state index in [0.717, 1.165) is 37.0 Å². The van der Waals surface area contributed by atoms with Crippen molar-refractivity contribution in [1.82, 2.24) is 14.7 Å². The lowest BCUT2D eigenvalue weighted by atomic mass is 10.00. The first-order valence-electron chi connectivity index (χ1n) is 6.53. The first-order valence-corrected chi connectivity index (χ1v) is 7.66. The minimum absolute atomic E-state index is 0.121. The average molecular weight is 314 g/mol. The largest absolute Gasteiger partial charge is 0.337 e. The third-order valence-corrected chi connectivity index (χ3v) is 4.45. The van der Waals surface area contributed by atoms with Gasteiger partial charge in [0, 0.05) is 25.5 Å². The average Bonchev–Trinajstić information content (AvgIpc) is 2.79. The van der Waals surface area contributed by atoms with Crippen molar-refractivity contribution >= 4 is 21.8 Å². The molecule has 0 aliphatic carbocycles. The molecule has 0 spiro atoms. The molecule has 0 bridgehead atoms. The van der Waals surface area contributed by atoms with Crippen LogP contribution in [0.3, 0.4) is 0 Å². The molecule has 1 aromatic heterocycles. The monoisotopic (exact) mass is 313 g/mol. The van der Waals surface area contributed by atoms with Gasteiger partial charge in [-0.05, 0) is 31.2 Å². The zero-order chi connectivity index (χ0) is 13.1. The summed E-state index contributed by atoms with van der Waals surface area (Å²) in [5, 5.41) is 5.32. The molecule has 1 amide bonds. The van der Waals surface area contributed by atoms with E-state index >= 15 is 0 Å². The molecular formula is C13H20BrN3O. The second-order valence-electron chi connectivity index (χ2n) is 4.91. The summed E-state index contributed by atoms with van der Waals surface area (Å²) < 4.78 is 1.71. The molecule has 0 aromatic carbocycles. The topological polar surface area (TPSA) is 38.1 Å². The number of alkyl halides is 1. The lowest BCUT2D eigenvalue weighted by Gasteiger charge is -2.31. The first kappa shape index (κ1) is 13.6. The summed E-state index contributed by atoms with van der Waals surface area (Å²) in [6, 6.07) is 1.92. The van der Waals surface area contributed by atoms with E-state index in [9.17, 15) is 4.79 Å². The van der Waals surface area contributed by atoms with Crippen molar-refractivity contribution < 1.29 is 4.79 Å². The third-order valence-electron chi connectivity index (χ3n) is 3.54. The van der Waals surface area contributed by atoms with Crippen LogP contribution < -0.4 is 0 Å². The van der Waals surface area contributed by atoms with Crippen LogP contribution in [0.25, 0.3) is 0 Å². The van der Waals surface area contributed by atoms with Gasteiger partial charge in [0.25, 0.3) is 5.91 Å². The number of hydrogen-bond acceptors (Lipinski definition) is 2. The van der Waals surface area contributed by atoms with Crippen LogP contribution in [0.1, 0.15) is 35.9 Å². The second-order valence-corrected chi connectivity index (χ2v) is 5.56. The Balaban J connectivity index is 2.12. The van der Waals surface area contributed by atoms with Gasteiger partial charge in [-0.2, -0.15) is 5.10 Å². The van der Waals surface area contributed by atoms with E-state index in [1.807, 2.05) is 18.0 Å². The van der Waals surface area contributed by atoms with Crippen LogP contribution in [0.2, 0.25) is 0 Å². The Morgan fingerprint density at radius 3 is 3.00 bits per heavy atom. The summed E-state index contributed by atoms with van der Waals surface area (Å²) in [4.78, 5) is 14.4. The zero-order valence-electron chi connectivity index (χ0n) is 11.0. The lowest BCUT2D eigenvalue weighted by molar-refractivity contribution is 0.0675. The minimum atomic E-state index is 0.121. The predicted octanol–water partition coefficient (Wildman–Crippen LogP) is 2.23. The molecule has 100 valence electrons. The van der Waals surface area contributed by atoms with Crippen molar-refractivity contribution in [1.29, 1.82) is 0 Å². The SMILES string of the molecule is CCc1cc(C(=O)N2CCCC(CBr)C2)n(C)n1.